The first-order chi connectivity index (χ1) is 15.4. The smallest absolute Gasteiger partial charge is 0.322 e. The molecule has 162 valence electrons. The van der Waals surface area contributed by atoms with Crippen molar-refractivity contribution in [3.8, 4) is 0 Å². The largest absolute Gasteiger partial charge is 0.332 e. The summed E-state index contributed by atoms with van der Waals surface area (Å²) < 4.78 is 29.1. The van der Waals surface area contributed by atoms with Crippen LogP contribution in [-0.4, -0.2) is 20.0 Å². The quantitative estimate of drug-likeness (QED) is 0.504. The number of nitrogens with zero attached hydrogens (tertiary/aromatic N) is 3. The minimum atomic E-state index is -0.940. The molecule has 0 saturated heterocycles. The third kappa shape index (κ3) is 4.31. The highest BCUT2D eigenvalue weighted by atomic mass is 19.1. The molecule has 0 fully saturated rings. The number of aryl methyl sites for hydroxylation is 1. The fourth-order valence-electron chi connectivity index (χ4n) is 3.40. The molecule has 2 heterocycles. The molecule has 2 aromatic carbocycles. The van der Waals surface area contributed by atoms with Gasteiger partial charge in [0.05, 0.1) is 11.2 Å². The number of carbonyl (C=O) groups is 1. The van der Waals surface area contributed by atoms with Gasteiger partial charge in [0.15, 0.2) is 5.52 Å². The lowest BCUT2D eigenvalue weighted by molar-refractivity contribution is -0.116. The summed E-state index contributed by atoms with van der Waals surface area (Å²) >= 11 is 0. The van der Waals surface area contributed by atoms with Gasteiger partial charge in [-0.2, -0.15) is 0 Å². The molecule has 0 radical (unpaired) electrons. The van der Waals surface area contributed by atoms with Gasteiger partial charge in [-0.3, -0.25) is 18.7 Å². The Bertz CT molecular complexity index is 1410. The van der Waals surface area contributed by atoms with Gasteiger partial charge in [-0.25, -0.2) is 18.6 Å². The van der Waals surface area contributed by atoms with Crippen molar-refractivity contribution in [2.75, 3.05) is 5.32 Å². The maximum Gasteiger partial charge on any atom is 0.332 e. The van der Waals surface area contributed by atoms with Crippen LogP contribution in [0.2, 0.25) is 0 Å². The van der Waals surface area contributed by atoms with Gasteiger partial charge in [0.25, 0.3) is 5.56 Å². The molecule has 0 aliphatic carbocycles. The van der Waals surface area contributed by atoms with E-state index < -0.39 is 35.3 Å². The Hall–Kier alpha value is -4.14. The van der Waals surface area contributed by atoms with Gasteiger partial charge in [0, 0.05) is 18.8 Å². The van der Waals surface area contributed by atoms with E-state index in [-0.39, 0.29) is 23.3 Å². The van der Waals surface area contributed by atoms with Crippen LogP contribution in [0, 0.1) is 11.6 Å². The first kappa shape index (κ1) is 21.1. The Morgan fingerprint density at radius 2 is 1.75 bits per heavy atom. The first-order valence-electron chi connectivity index (χ1n) is 9.81. The van der Waals surface area contributed by atoms with E-state index in [1.807, 2.05) is 30.3 Å². The maximum atomic E-state index is 13.9. The lowest BCUT2D eigenvalue weighted by atomic mass is 10.1. The lowest BCUT2D eigenvalue weighted by Crippen LogP contribution is -2.42. The van der Waals surface area contributed by atoms with Crippen LogP contribution in [0.15, 0.2) is 76.4 Å². The highest BCUT2D eigenvalue weighted by Crippen LogP contribution is 2.15. The zero-order chi connectivity index (χ0) is 22.7. The Morgan fingerprint density at radius 3 is 2.50 bits per heavy atom. The maximum absolute atomic E-state index is 13.9. The van der Waals surface area contributed by atoms with Crippen molar-refractivity contribution in [2.45, 2.75) is 19.5 Å². The number of amides is 1. The number of hydrogen-bond donors (Lipinski definition) is 1. The second-order valence-corrected chi connectivity index (χ2v) is 7.10. The van der Waals surface area contributed by atoms with E-state index in [2.05, 4.69) is 10.3 Å². The summed E-state index contributed by atoms with van der Waals surface area (Å²) in [6.45, 7) is -0.383. The van der Waals surface area contributed by atoms with Gasteiger partial charge in [-0.15, -0.1) is 0 Å². The lowest BCUT2D eigenvalue weighted by Gasteiger charge is -2.14. The zero-order valence-corrected chi connectivity index (χ0v) is 16.8. The van der Waals surface area contributed by atoms with E-state index in [1.54, 1.807) is 6.07 Å². The van der Waals surface area contributed by atoms with Crippen molar-refractivity contribution in [1.82, 2.24) is 14.1 Å². The molecule has 0 aliphatic rings. The number of aromatic nitrogens is 3. The van der Waals surface area contributed by atoms with Gasteiger partial charge in [0.2, 0.25) is 5.91 Å². The number of pyridine rings is 1. The van der Waals surface area contributed by atoms with Crippen molar-refractivity contribution in [1.29, 1.82) is 0 Å². The minimum Gasteiger partial charge on any atom is -0.322 e. The fourth-order valence-corrected chi connectivity index (χ4v) is 3.40. The number of hydrogen-bond acceptors (Lipinski definition) is 4. The predicted octanol–water partition coefficient (Wildman–Crippen LogP) is 2.72. The molecule has 2 aromatic heterocycles. The van der Waals surface area contributed by atoms with E-state index in [4.69, 9.17) is 0 Å². The van der Waals surface area contributed by atoms with Crippen molar-refractivity contribution in [3.05, 3.63) is 105 Å². The van der Waals surface area contributed by atoms with E-state index in [9.17, 15) is 23.2 Å². The summed E-state index contributed by atoms with van der Waals surface area (Å²) in [4.78, 5) is 42.6. The Kier molecular flexibility index (Phi) is 5.89. The number of halogens is 2. The normalized spacial score (nSPS) is 10.9. The highest BCUT2D eigenvalue weighted by molar-refractivity contribution is 5.91. The summed E-state index contributed by atoms with van der Waals surface area (Å²) in [7, 11) is 0. The molecule has 32 heavy (non-hydrogen) atoms. The molecule has 0 unspecified atom stereocenters. The van der Waals surface area contributed by atoms with Gasteiger partial charge in [0.1, 0.15) is 18.2 Å². The average molecular weight is 436 g/mol. The van der Waals surface area contributed by atoms with Crippen LogP contribution in [0.1, 0.15) is 5.56 Å². The van der Waals surface area contributed by atoms with Crippen LogP contribution in [0.3, 0.4) is 0 Å². The zero-order valence-electron chi connectivity index (χ0n) is 16.8. The van der Waals surface area contributed by atoms with E-state index in [0.29, 0.717) is 12.5 Å². The second-order valence-electron chi connectivity index (χ2n) is 7.10. The topological polar surface area (TPSA) is 86.0 Å². The van der Waals surface area contributed by atoms with Crippen LogP contribution in [-0.2, 0) is 24.3 Å². The highest BCUT2D eigenvalue weighted by Gasteiger charge is 2.17. The molecule has 0 spiro atoms. The molecular weight excluding hydrogens is 418 g/mol. The van der Waals surface area contributed by atoms with Crippen LogP contribution >= 0.6 is 0 Å². The van der Waals surface area contributed by atoms with Gasteiger partial charge in [-0.05, 0) is 36.2 Å². The molecule has 9 heteroatoms. The van der Waals surface area contributed by atoms with Crippen molar-refractivity contribution >= 4 is 22.6 Å². The Balaban J connectivity index is 1.69. The number of fused-ring (bicyclic) bond motifs is 1. The molecule has 4 aromatic rings. The van der Waals surface area contributed by atoms with Crippen molar-refractivity contribution in [3.63, 3.8) is 0 Å². The summed E-state index contributed by atoms with van der Waals surface area (Å²) in [6.07, 6.45) is 1.86. The monoisotopic (exact) mass is 436 g/mol. The third-order valence-corrected chi connectivity index (χ3v) is 4.96. The SMILES string of the molecule is O=C(Cn1c(=O)n(CCc2ccccc2)c(=O)c2ncccc21)Nc1ccc(F)cc1F. The number of nitrogens with one attached hydrogen (secondary N) is 1. The second kappa shape index (κ2) is 8.93. The Labute approximate surface area is 180 Å². The standard InChI is InChI=1S/C23H18F2N4O3/c24-16-8-9-18(17(25)13-16)27-20(30)14-29-19-7-4-11-26-21(19)22(31)28(23(29)32)12-10-15-5-2-1-3-6-15/h1-9,11,13H,10,12,14H2,(H,27,30). The molecule has 0 atom stereocenters. The molecule has 1 N–H and O–H groups in total. The van der Waals surface area contributed by atoms with Crippen LogP contribution in [0.4, 0.5) is 14.5 Å². The summed E-state index contributed by atoms with van der Waals surface area (Å²) in [6, 6.07) is 15.1. The van der Waals surface area contributed by atoms with E-state index >= 15 is 0 Å². The van der Waals surface area contributed by atoms with Crippen molar-refractivity contribution in [2.24, 2.45) is 0 Å². The van der Waals surface area contributed by atoms with Gasteiger partial charge in [-0.1, -0.05) is 30.3 Å². The van der Waals surface area contributed by atoms with Gasteiger partial charge < -0.3 is 5.32 Å². The average Bonchev–Trinajstić information content (AvgIpc) is 2.79. The molecule has 0 bridgehead atoms. The summed E-state index contributed by atoms with van der Waals surface area (Å²) in [5.41, 5.74) is -0.279. The molecule has 0 aliphatic heterocycles. The summed E-state index contributed by atoms with van der Waals surface area (Å²) in [5, 5.41) is 2.32. The number of anilines is 1. The molecule has 1 amide bonds. The van der Waals surface area contributed by atoms with Crippen molar-refractivity contribution < 1.29 is 13.6 Å². The van der Waals surface area contributed by atoms with Crippen LogP contribution < -0.4 is 16.6 Å². The fraction of sp³-hybridized carbons (Fsp3) is 0.130. The molecular formula is C23H18F2N4O3. The predicted molar refractivity (Wildman–Crippen MR) is 115 cm³/mol. The van der Waals surface area contributed by atoms with E-state index in [1.165, 1.54) is 12.3 Å². The third-order valence-electron chi connectivity index (χ3n) is 4.96. The molecule has 7 nitrogen and oxygen atoms in total. The number of carbonyl (C=O) groups excluding carboxylic acids is 1. The molecule has 4 rings (SSSR count). The molecule has 0 saturated carbocycles. The number of rotatable bonds is 6. The Morgan fingerprint density at radius 1 is 0.969 bits per heavy atom. The van der Waals surface area contributed by atoms with Crippen LogP contribution in [0.25, 0.3) is 11.0 Å². The minimum absolute atomic E-state index is 0.0425. The first-order valence-corrected chi connectivity index (χ1v) is 9.81. The number of benzene rings is 2. The summed E-state index contributed by atoms with van der Waals surface area (Å²) in [5.74, 6) is -2.43. The van der Waals surface area contributed by atoms with E-state index in [0.717, 1.165) is 26.8 Å². The van der Waals surface area contributed by atoms with Crippen LogP contribution in [0.5, 0.6) is 0 Å². The van der Waals surface area contributed by atoms with Gasteiger partial charge >= 0.3 is 5.69 Å².